The van der Waals surface area contributed by atoms with Gasteiger partial charge in [-0.2, -0.15) is 0 Å². The number of aryl methyl sites for hydroxylation is 1. The Balaban J connectivity index is 1.58. The van der Waals surface area contributed by atoms with Crippen molar-refractivity contribution in [2.24, 2.45) is 0 Å². The van der Waals surface area contributed by atoms with Crippen LogP contribution in [-0.2, 0) is 4.79 Å². The molecule has 1 aliphatic carbocycles. The average molecular weight is 414 g/mol. The third kappa shape index (κ3) is 4.34. The maximum atomic E-state index is 13.5. The highest BCUT2D eigenvalue weighted by atomic mass is 16.5. The van der Waals surface area contributed by atoms with E-state index < -0.39 is 5.60 Å². The molecule has 2 amide bonds. The number of ether oxygens (including phenoxy) is 1. The predicted octanol–water partition coefficient (Wildman–Crippen LogP) is 3.09. The predicted molar refractivity (Wildman–Crippen MR) is 117 cm³/mol. The summed E-state index contributed by atoms with van der Waals surface area (Å²) >= 11 is 0. The summed E-state index contributed by atoms with van der Waals surface area (Å²) in [4.78, 5) is 32.6. The van der Waals surface area contributed by atoms with Crippen LogP contribution in [0.5, 0.6) is 5.75 Å². The highest BCUT2D eigenvalue weighted by molar-refractivity contribution is 5.99. The molecular weight excluding hydrogens is 378 g/mol. The average Bonchev–Trinajstić information content (AvgIpc) is 2.86. The third-order valence-corrected chi connectivity index (χ3v) is 7.20. The van der Waals surface area contributed by atoms with Crippen LogP contribution in [0, 0.1) is 6.92 Å². The zero-order valence-electron chi connectivity index (χ0n) is 18.7. The van der Waals surface area contributed by atoms with Crippen LogP contribution < -0.4 is 4.74 Å². The Bertz CT molecular complexity index is 795. The minimum atomic E-state index is -0.424. The van der Waals surface area contributed by atoms with Gasteiger partial charge in [-0.3, -0.25) is 9.59 Å². The van der Waals surface area contributed by atoms with Crippen molar-refractivity contribution in [3.8, 4) is 5.75 Å². The van der Waals surface area contributed by atoms with Crippen molar-refractivity contribution in [3.63, 3.8) is 0 Å². The molecule has 30 heavy (non-hydrogen) atoms. The molecule has 164 valence electrons. The molecule has 0 aromatic heterocycles. The summed E-state index contributed by atoms with van der Waals surface area (Å²) in [5.41, 5.74) is 1.18. The zero-order valence-corrected chi connectivity index (χ0v) is 18.7. The maximum Gasteiger partial charge on any atom is 0.258 e. The van der Waals surface area contributed by atoms with Crippen molar-refractivity contribution in [1.82, 2.24) is 14.7 Å². The van der Waals surface area contributed by atoms with Gasteiger partial charge in [-0.15, -0.1) is 0 Å². The Hall–Kier alpha value is -2.08. The smallest absolute Gasteiger partial charge is 0.258 e. The number of benzene rings is 1. The van der Waals surface area contributed by atoms with Crippen LogP contribution in [0.4, 0.5) is 0 Å². The van der Waals surface area contributed by atoms with Crippen molar-refractivity contribution in [3.05, 3.63) is 29.3 Å². The molecule has 1 saturated carbocycles. The second-order valence-corrected chi connectivity index (χ2v) is 9.55. The van der Waals surface area contributed by atoms with Crippen LogP contribution >= 0.6 is 0 Å². The molecule has 1 spiro atoms. The summed E-state index contributed by atoms with van der Waals surface area (Å²) < 4.78 is 6.53. The van der Waals surface area contributed by atoms with Gasteiger partial charge in [0, 0.05) is 39.0 Å². The summed E-state index contributed by atoms with van der Waals surface area (Å²) in [6.45, 7) is 4.44. The Morgan fingerprint density at radius 2 is 1.90 bits per heavy atom. The molecule has 1 saturated heterocycles. The van der Waals surface area contributed by atoms with E-state index in [0.717, 1.165) is 44.3 Å². The van der Waals surface area contributed by atoms with Gasteiger partial charge in [-0.05, 0) is 38.9 Å². The lowest BCUT2D eigenvalue weighted by Gasteiger charge is -2.42. The molecular formula is C24H35N3O3. The number of amides is 2. The first-order valence-electron chi connectivity index (χ1n) is 11.4. The van der Waals surface area contributed by atoms with Crippen LogP contribution in [0.2, 0.25) is 0 Å². The van der Waals surface area contributed by atoms with E-state index >= 15 is 0 Å². The minimum absolute atomic E-state index is 0.0365. The number of carbonyl (C=O) groups excluding carboxylic acids is 2. The van der Waals surface area contributed by atoms with E-state index in [-0.39, 0.29) is 18.4 Å². The monoisotopic (exact) mass is 413 g/mol. The number of piperidine rings is 1. The summed E-state index contributed by atoms with van der Waals surface area (Å²) in [5.74, 6) is 0.607. The molecule has 0 bridgehead atoms. The van der Waals surface area contributed by atoms with Gasteiger partial charge in [0.25, 0.3) is 5.91 Å². The van der Waals surface area contributed by atoms with Crippen molar-refractivity contribution >= 4 is 11.8 Å². The molecule has 6 nitrogen and oxygen atoms in total. The number of hydrogen-bond donors (Lipinski definition) is 0. The largest absolute Gasteiger partial charge is 0.484 e. The van der Waals surface area contributed by atoms with Crippen LogP contribution in [-0.4, -0.2) is 78.4 Å². The van der Waals surface area contributed by atoms with Crippen LogP contribution in [0.15, 0.2) is 18.2 Å². The van der Waals surface area contributed by atoms with Crippen molar-refractivity contribution in [1.29, 1.82) is 0 Å². The molecule has 0 atom stereocenters. The summed E-state index contributed by atoms with van der Waals surface area (Å²) in [7, 11) is 4.02. The fourth-order valence-electron chi connectivity index (χ4n) is 5.12. The highest BCUT2D eigenvalue weighted by Gasteiger charge is 2.43. The number of rotatable bonds is 3. The molecule has 0 N–H and O–H groups in total. The highest BCUT2D eigenvalue weighted by Crippen LogP contribution is 2.36. The molecule has 2 aliphatic heterocycles. The topological polar surface area (TPSA) is 53.1 Å². The van der Waals surface area contributed by atoms with E-state index in [4.69, 9.17) is 4.74 Å². The molecule has 2 heterocycles. The Morgan fingerprint density at radius 3 is 2.60 bits per heavy atom. The van der Waals surface area contributed by atoms with E-state index in [2.05, 4.69) is 11.9 Å². The molecule has 0 unspecified atom stereocenters. The van der Waals surface area contributed by atoms with Crippen molar-refractivity contribution < 1.29 is 14.3 Å². The van der Waals surface area contributed by atoms with Gasteiger partial charge in [0.05, 0.1) is 12.1 Å². The lowest BCUT2D eigenvalue weighted by molar-refractivity contribution is -0.133. The van der Waals surface area contributed by atoms with Crippen LogP contribution in [0.3, 0.4) is 0 Å². The SMILES string of the molecule is Cc1ccc2c(c1)C(=O)N(CC(=O)N(C)C1CCCCC1)CC1(CCN(C)CC1)O2. The normalized spacial score (nSPS) is 22.4. The molecule has 6 heteroatoms. The van der Waals surface area contributed by atoms with E-state index in [1.807, 2.05) is 37.1 Å². The van der Waals surface area contributed by atoms with Crippen LogP contribution in [0.25, 0.3) is 0 Å². The van der Waals surface area contributed by atoms with Gasteiger partial charge in [0.1, 0.15) is 17.9 Å². The summed E-state index contributed by atoms with van der Waals surface area (Å²) in [6.07, 6.45) is 7.47. The Labute approximate surface area is 180 Å². The standard InChI is InChI=1S/C24H35N3O3/c1-18-9-10-21-20(15-18)23(29)27(17-24(30-21)11-13-25(2)14-12-24)16-22(28)26(3)19-7-5-4-6-8-19/h9-10,15,19H,4-8,11-14,16-17H2,1-3H3. The number of nitrogens with zero attached hydrogens (tertiary/aromatic N) is 3. The van der Waals surface area contributed by atoms with E-state index in [0.29, 0.717) is 23.9 Å². The van der Waals surface area contributed by atoms with Crippen LogP contribution in [0.1, 0.15) is 60.9 Å². The maximum absolute atomic E-state index is 13.5. The van der Waals surface area contributed by atoms with Crippen molar-refractivity contribution in [2.45, 2.75) is 63.5 Å². The first-order chi connectivity index (χ1) is 14.4. The van der Waals surface area contributed by atoms with Gasteiger partial charge < -0.3 is 19.4 Å². The van der Waals surface area contributed by atoms with Gasteiger partial charge in [-0.25, -0.2) is 0 Å². The first kappa shape index (κ1) is 21.2. The lowest BCUT2D eigenvalue weighted by Crippen LogP contribution is -2.55. The summed E-state index contributed by atoms with van der Waals surface area (Å²) in [5, 5.41) is 0. The Morgan fingerprint density at radius 1 is 1.20 bits per heavy atom. The van der Waals surface area contributed by atoms with Gasteiger partial charge in [-0.1, -0.05) is 30.9 Å². The fraction of sp³-hybridized carbons (Fsp3) is 0.667. The van der Waals surface area contributed by atoms with E-state index in [9.17, 15) is 9.59 Å². The zero-order chi connectivity index (χ0) is 21.3. The molecule has 3 aliphatic rings. The van der Waals surface area contributed by atoms with E-state index in [1.54, 1.807) is 4.90 Å². The number of hydrogen-bond acceptors (Lipinski definition) is 4. The van der Waals surface area contributed by atoms with E-state index in [1.165, 1.54) is 19.3 Å². The Kier molecular flexibility index (Phi) is 6.05. The summed E-state index contributed by atoms with van der Waals surface area (Å²) in [6, 6.07) is 6.11. The molecule has 0 radical (unpaired) electrons. The molecule has 2 fully saturated rings. The minimum Gasteiger partial charge on any atom is -0.484 e. The number of fused-ring (bicyclic) bond motifs is 1. The van der Waals surface area contributed by atoms with Crippen molar-refractivity contribution in [2.75, 3.05) is 40.3 Å². The first-order valence-corrected chi connectivity index (χ1v) is 11.4. The third-order valence-electron chi connectivity index (χ3n) is 7.20. The lowest BCUT2D eigenvalue weighted by atomic mass is 9.90. The van der Waals surface area contributed by atoms with Gasteiger partial charge >= 0.3 is 0 Å². The number of likely N-dealkylation sites (N-methyl/N-ethyl adjacent to an activating group) is 1. The molecule has 1 aromatic carbocycles. The van der Waals surface area contributed by atoms with Gasteiger partial charge in [0.15, 0.2) is 0 Å². The van der Waals surface area contributed by atoms with Gasteiger partial charge in [0.2, 0.25) is 5.91 Å². The second kappa shape index (κ2) is 8.58. The quantitative estimate of drug-likeness (QED) is 0.764. The number of likely N-dealkylation sites (tertiary alicyclic amines) is 1. The second-order valence-electron chi connectivity index (χ2n) is 9.55. The fourth-order valence-corrected chi connectivity index (χ4v) is 5.12. The number of carbonyl (C=O) groups is 2. The molecule has 4 rings (SSSR count). The molecule has 1 aromatic rings.